The minimum absolute atomic E-state index is 3.63. The van der Waals surface area contributed by atoms with Gasteiger partial charge in [-0.05, 0) is 11.6 Å². The topological polar surface area (TPSA) is 0 Å². The summed E-state index contributed by atoms with van der Waals surface area (Å²) in [5.74, 6) is -26.8. The van der Waals surface area contributed by atoms with Crippen LogP contribution in [0.15, 0.2) is 0 Å². The van der Waals surface area contributed by atoms with E-state index in [0.29, 0.717) is 0 Å². The third-order valence-electron chi connectivity index (χ3n) is 2.39. The van der Waals surface area contributed by atoms with Crippen molar-refractivity contribution in [2.75, 3.05) is 0 Å². The molecule has 0 aliphatic rings. The Balaban J connectivity index is 5.93. The lowest BCUT2D eigenvalue weighted by Gasteiger charge is -2.37. The average molecular weight is 433 g/mol. The van der Waals surface area contributed by atoms with Gasteiger partial charge in [0.05, 0.1) is 0 Å². The van der Waals surface area contributed by atoms with Crippen LogP contribution in [0.1, 0.15) is 0 Å². The molecule has 2 unspecified atom stereocenters. The van der Waals surface area contributed by atoms with Crippen molar-refractivity contribution < 1.29 is 52.7 Å². The van der Waals surface area contributed by atoms with Crippen molar-refractivity contribution in [1.29, 1.82) is 0 Å². The first kappa shape index (κ1) is 23.0. The molecule has 0 aromatic heterocycles. The van der Waals surface area contributed by atoms with Gasteiger partial charge in [-0.25, -0.2) is 8.78 Å². The lowest BCUT2D eigenvalue weighted by atomic mass is 9.95. The molecule has 0 saturated carbocycles. The summed E-state index contributed by atoms with van der Waals surface area (Å²) in [7, 11) is 0. The fourth-order valence-electron chi connectivity index (χ4n) is 1.11. The van der Waals surface area contributed by atoms with E-state index in [1.165, 1.54) is 0 Å². The fourth-order valence-corrected chi connectivity index (χ4v) is 1.53. The van der Waals surface area contributed by atoms with E-state index in [2.05, 4.69) is 34.8 Å². The summed E-state index contributed by atoms with van der Waals surface area (Å²) in [4.78, 5) is -3.63. The van der Waals surface area contributed by atoms with Crippen molar-refractivity contribution in [2.45, 2.75) is 46.3 Å². The van der Waals surface area contributed by atoms with Crippen molar-refractivity contribution in [2.24, 2.45) is 0 Å². The first-order valence-corrected chi connectivity index (χ1v) is 6.15. The van der Waals surface area contributed by atoms with E-state index in [-0.39, 0.29) is 0 Å². The molecule has 2 atom stereocenters. The van der Waals surface area contributed by atoms with Crippen molar-refractivity contribution in [3.63, 3.8) is 0 Å². The van der Waals surface area contributed by atoms with Gasteiger partial charge in [0.25, 0.3) is 0 Å². The molecule has 0 N–H and O–H groups in total. The van der Waals surface area contributed by atoms with E-state index < -0.39 is 46.3 Å². The van der Waals surface area contributed by atoms with E-state index in [1.54, 1.807) is 0 Å². The summed E-state index contributed by atoms with van der Waals surface area (Å²) in [6, 6.07) is 0. The summed E-state index contributed by atoms with van der Waals surface area (Å²) in [5, 5.41) is -5.66. The first-order chi connectivity index (χ1) is 9.75. The van der Waals surface area contributed by atoms with Crippen LogP contribution in [0.5, 0.6) is 0 Å². The van der Waals surface area contributed by atoms with Crippen LogP contribution in [-0.4, -0.2) is 46.3 Å². The Labute approximate surface area is 134 Å². The quantitative estimate of drug-likeness (QED) is 0.350. The van der Waals surface area contributed by atoms with Crippen LogP contribution in [0.3, 0.4) is 0 Å². The molecule has 0 bridgehead atoms. The van der Waals surface area contributed by atoms with Crippen LogP contribution < -0.4 is 0 Å². The Bertz CT molecular complexity index is 417. The number of hydrogen-bond acceptors (Lipinski definition) is 0. The zero-order valence-corrected chi connectivity index (χ0v) is 12.2. The molecule has 0 heterocycles. The average Bonchev–Trinajstić information content (AvgIpc) is 2.34. The van der Waals surface area contributed by atoms with E-state index in [1.807, 2.05) is 0 Å². The molecular weight excluding hydrogens is 430 g/mol. The third kappa shape index (κ3) is 3.83. The highest BCUT2D eigenvalue weighted by Crippen LogP contribution is 2.55. The largest absolute Gasteiger partial charge is 0.378 e. The van der Waals surface area contributed by atoms with Gasteiger partial charge in [-0.15, -0.1) is 0 Å². The van der Waals surface area contributed by atoms with Crippen LogP contribution in [-0.2, 0) is 0 Å². The summed E-state index contributed by atoms with van der Waals surface area (Å²) in [5.41, 5.74) is 0. The second kappa shape index (κ2) is 6.40. The Morgan fingerprint density at radius 3 is 1.22 bits per heavy atom. The lowest BCUT2D eigenvalue weighted by molar-refractivity contribution is -0.346. The molecule has 0 amide bonds. The molecule has 0 radical (unpaired) electrons. The number of alkyl halides is 15. The smallest absolute Gasteiger partial charge is 0.234 e. The highest BCUT2D eigenvalue weighted by Gasteiger charge is 2.81. The Hall–Kier alpha value is 0.0300. The number of rotatable bonds is 7. The Morgan fingerprint density at radius 2 is 0.957 bits per heavy atom. The molecule has 0 fully saturated rings. The summed E-state index contributed by atoms with van der Waals surface area (Å²) in [6.07, 6.45) is -11.0. The van der Waals surface area contributed by atoms with E-state index >= 15 is 0 Å². The predicted molar refractivity (Wildman–Crippen MR) is 55.9 cm³/mol. The van der Waals surface area contributed by atoms with Gasteiger partial charge in [0.1, 0.15) is 0 Å². The third-order valence-corrected chi connectivity index (χ3v) is 3.13. The standard InChI is InChI=1S/C8H3Cl3F12/c9-3(10)6(18,19)8(22,23)5(16,17)1(12)4(14,15)2(13)7(11,20)21/h1-3H. The first-order valence-electron chi connectivity index (χ1n) is 4.90. The molecule has 0 aliphatic heterocycles. The Kier molecular flexibility index (Phi) is 6.40. The maximum Gasteiger partial charge on any atom is 0.378 e. The molecule has 0 aromatic rings. The van der Waals surface area contributed by atoms with Crippen LogP contribution in [0, 0.1) is 0 Å². The molecule has 0 spiro atoms. The molecule has 0 aliphatic carbocycles. The van der Waals surface area contributed by atoms with Gasteiger partial charge >= 0.3 is 29.1 Å². The van der Waals surface area contributed by atoms with Gasteiger partial charge in [0.2, 0.25) is 12.3 Å². The zero-order chi connectivity index (χ0) is 19.2. The van der Waals surface area contributed by atoms with E-state index in [0.717, 1.165) is 0 Å². The summed E-state index contributed by atoms with van der Waals surface area (Å²) >= 11 is 12.3. The monoisotopic (exact) mass is 432 g/mol. The maximum absolute atomic E-state index is 13.0. The molecule has 0 rings (SSSR count). The predicted octanol–water partition coefficient (Wildman–Crippen LogP) is 5.84. The molecular formula is C8H3Cl3F12. The van der Waals surface area contributed by atoms with E-state index in [9.17, 15) is 52.7 Å². The molecule has 15 heteroatoms. The van der Waals surface area contributed by atoms with Gasteiger partial charge < -0.3 is 0 Å². The number of halogens is 15. The minimum atomic E-state index is -7.05. The van der Waals surface area contributed by atoms with Crippen LogP contribution in [0.25, 0.3) is 0 Å². The molecule has 0 saturated heterocycles. The van der Waals surface area contributed by atoms with Gasteiger partial charge in [-0.1, -0.05) is 23.2 Å². The van der Waals surface area contributed by atoms with Crippen LogP contribution >= 0.6 is 34.8 Å². The van der Waals surface area contributed by atoms with Crippen molar-refractivity contribution in [3.8, 4) is 0 Å². The van der Waals surface area contributed by atoms with Crippen molar-refractivity contribution in [1.82, 2.24) is 0 Å². The number of hydrogen-bond donors (Lipinski definition) is 0. The molecule has 140 valence electrons. The van der Waals surface area contributed by atoms with Crippen LogP contribution in [0.4, 0.5) is 52.7 Å². The zero-order valence-electron chi connectivity index (χ0n) is 9.90. The second-order valence-corrected chi connectivity index (χ2v) is 5.66. The summed E-state index contributed by atoms with van der Waals surface area (Å²) in [6.45, 7) is 0. The SMILES string of the molecule is FC(C(F)(F)Cl)C(F)(F)C(F)C(F)(F)C(F)(F)C(F)(F)C(Cl)Cl. The van der Waals surface area contributed by atoms with Crippen molar-refractivity contribution >= 4 is 34.8 Å². The minimum Gasteiger partial charge on any atom is -0.234 e. The second-order valence-electron chi connectivity index (χ2n) is 4.06. The fraction of sp³-hybridized carbons (Fsp3) is 1.00. The maximum atomic E-state index is 13.0. The van der Waals surface area contributed by atoms with E-state index in [4.69, 9.17) is 0 Å². The highest BCUT2D eigenvalue weighted by molar-refractivity contribution is 6.45. The normalized spacial score (nSPS) is 18.3. The van der Waals surface area contributed by atoms with Gasteiger partial charge in [-0.3, -0.25) is 0 Å². The van der Waals surface area contributed by atoms with Crippen molar-refractivity contribution in [3.05, 3.63) is 0 Å². The summed E-state index contributed by atoms with van der Waals surface area (Å²) < 4.78 is 153. The molecule has 0 nitrogen and oxygen atoms in total. The lowest BCUT2D eigenvalue weighted by Crippen LogP contribution is -2.66. The highest BCUT2D eigenvalue weighted by atomic mass is 35.5. The molecule has 0 aromatic carbocycles. The molecule has 23 heavy (non-hydrogen) atoms. The van der Waals surface area contributed by atoms with Crippen LogP contribution in [0.2, 0.25) is 0 Å². The van der Waals surface area contributed by atoms with Gasteiger partial charge in [0.15, 0.2) is 4.84 Å². The van der Waals surface area contributed by atoms with Gasteiger partial charge in [0, 0.05) is 0 Å². The van der Waals surface area contributed by atoms with Gasteiger partial charge in [-0.2, -0.15) is 43.9 Å². The Morgan fingerprint density at radius 1 is 0.609 bits per heavy atom.